The maximum atomic E-state index is 11.0. The first-order valence-corrected chi connectivity index (χ1v) is 4.86. The lowest BCUT2D eigenvalue weighted by Gasteiger charge is -2.27. The van der Waals surface area contributed by atoms with E-state index >= 15 is 0 Å². The number of aromatic nitrogens is 1. The minimum Gasteiger partial charge on any atom is -0.378 e. The molecule has 2 heterocycles. The number of nitrogens with two attached hydrogens (primary N) is 1. The highest BCUT2D eigenvalue weighted by Crippen LogP contribution is 2.13. The molecule has 1 aromatic heterocycles. The van der Waals surface area contributed by atoms with Gasteiger partial charge in [0.05, 0.1) is 13.2 Å². The number of anilines is 1. The van der Waals surface area contributed by atoms with E-state index < -0.39 is 5.91 Å². The lowest BCUT2D eigenvalue weighted by atomic mass is 10.2. The number of carbonyl (C=O) groups is 1. The molecule has 80 valence electrons. The second-order valence-electron chi connectivity index (χ2n) is 3.37. The number of rotatable bonds is 2. The summed E-state index contributed by atoms with van der Waals surface area (Å²) in [6.45, 7) is 3.00. The van der Waals surface area contributed by atoms with Crippen LogP contribution >= 0.6 is 0 Å². The molecule has 0 bridgehead atoms. The van der Waals surface area contributed by atoms with Crippen molar-refractivity contribution >= 4 is 11.7 Å². The second-order valence-corrected chi connectivity index (χ2v) is 3.37. The van der Waals surface area contributed by atoms with Crippen LogP contribution in [0.15, 0.2) is 18.3 Å². The summed E-state index contributed by atoms with van der Waals surface area (Å²) < 4.78 is 5.24. The second kappa shape index (κ2) is 4.27. The monoisotopic (exact) mass is 207 g/mol. The summed E-state index contributed by atoms with van der Waals surface area (Å²) in [5.74, 6) is 0.363. The van der Waals surface area contributed by atoms with Crippen LogP contribution in [-0.4, -0.2) is 37.2 Å². The average molecular weight is 207 g/mol. The molecule has 15 heavy (non-hydrogen) atoms. The highest BCUT2D eigenvalue weighted by molar-refractivity contribution is 5.93. The molecule has 2 N–H and O–H groups in total. The first-order chi connectivity index (χ1) is 7.27. The van der Waals surface area contributed by atoms with Gasteiger partial charge in [-0.2, -0.15) is 0 Å². The summed E-state index contributed by atoms with van der Waals surface area (Å²) in [6, 6.07) is 3.33. The van der Waals surface area contributed by atoms with Gasteiger partial charge in [-0.1, -0.05) is 0 Å². The lowest BCUT2D eigenvalue weighted by Crippen LogP contribution is -2.36. The molecule has 0 aliphatic carbocycles. The highest BCUT2D eigenvalue weighted by atomic mass is 16.5. The zero-order valence-corrected chi connectivity index (χ0v) is 8.35. The molecule has 1 aliphatic rings. The van der Waals surface area contributed by atoms with E-state index in [1.54, 1.807) is 18.3 Å². The summed E-state index contributed by atoms with van der Waals surface area (Å²) >= 11 is 0. The van der Waals surface area contributed by atoms with E-state index in [0.717, 1.165) is 18.9 Å². The van der Waals surface area contributed by atoms with Crippen molar-refractivity contribution in [1.82, 2.24) is 4.98 Å². The maximum Gasteiger partial charge on any atom is 0.248 e. The normalized spacial score (nSPS) is 16.4. The van der Waals surface area contributed by atoms with E-state index in [1.165, 1.54) is 0 Å². The van der Waals surface area contributed by atoms with Gasteiger partial charge < -0.3 is 15.4 Å². The summed E-state index contributed by atoms with van der Waals surface area (Å²) in [5.41, 5.74) is 5.69. The Morgan fingerprint density at radius 3 is 2.87 bits per heavy atom. The molecular formula is C10H13N3O2. The molecule has 5 nitrogen and oxygen atoms in total. The van der Waals surface area contributed by atoms with E-state index in [4.69, 9.17) is 10.5 Å². The largest absolute Gasteiger partial charge is 0.378 e. The first kappa shape index (κ1) is 9.92. The maximum absolute atomic E-state index is 11.0. The van der Waals surface area contributed by atoms with Gasteiger partial charge in [-0.15, -0.1) is 0 Å². The van der Waals surface area contributed by atoms with Crippen molar-refractivity contribution in [2.45, 2.75) is 0 Å². The van der Waals surface area contributed by atoms with Gasteiger partial charge in [-0.25, -0.2) is 4.98 Å². The van der Waals surface area contributed by atoms with Gasteiger partial charge in [-0.3, -0.25) is 4.79 Å². The minimum atomic E-state index is -0.424. The number of amides is 1. The SMILES string of the molecule is NC(=O)c1ccnc(N2CCOCC2)c1. The lowest BCUT2D eigenvalue weighted by molar-refractivity contribution is 0.1000. The number of morpholine rings is 1. The number of hydrogen-bond donors (Lipinski definition) is 1. The van der Waals surface area contributed by atoms with Crippen LogP contribution in [0.1, 0.15) is 10.4 Å². The van der Waals surface area contributed by atoms with E-state index in [0.29, 0.717) is 18.8 Å². The Kier molecular flexibility index (Phi) is 2.82. The smallest absolute Gasteiger partial charge is 0.248 e. The molecule has 1 saturated heterocycles. The van der Waals surface area contributed by atoms with Crippen molar-refractivity contribution in [2.24, 2.45) is 5.73 Å². The fraction of sp³-hybridized carbons (Fsp3) is 0.400. The van der Waals surface area contributed by atoms with E-state index in [-0.39, 0.29) is 0 Å². The molecule has 0 atom stereocenters. The van der Waals surface area contributed by atoms with Crippen LogP contribution in [0.2, 0.25) is 0 Å². The molecule has 0 aromatic carbocycles. The quantitative estimate of drug-likeness (QED) is 0.742. The predicted octanol–water partition coefficient (Wildman–Crippen LogP) is 0.0171. The Hall–Kier alpha value is -1.62. The Bertz CT molecular complexity index is 361. The fourth-order valence-corrected chi connectivity index (χ4v) is 1.54. The number of nitrogens with zero attached hydrogens (tertiary/aromatic N) is 2. The summed E-state index contributed by atoms with van der Waals surface area (Å²) in [5, 5.41) is 0. The molecule has 0 radical (unpaired) electrons. The molecule has 1 fully saturated rings. The van der Waals surface area contributed by atoms with E-state index in [2.05, 4.69) is 9.88 Å². The van der Waals surface area contributed by atoms with Gasteiger partial charge >= 0.3 is 0 Å². The average Bonchev–Trinajstić information content (AvgIpc) is 2.30. The van der Waals surface area contributed by atoms with Crippen molar-refractivity contribution in [3.63, 3.8) is 0 Å². The molecule has 5 heteroatoms. The standard InChI is InChI=1S/C10H13N3O2/c11-10(14)8-1-2-12-9(7-8)13-3-5-15-6-4-13/h1-2,7H,3-6H2,(H2,11,14). The summed E-state index contributed by atoms with van der Waals surface area (Å²) in [7, 11) is 0. The summed E-state index contributed by atoms with van der Waals surface area (Å²) in [6.07, 6.45) is 1.60. The molecule has 1 amide bonds. The zero-order chi connectivity index (χ0) is 10.7. The molecular weight excluding hydrogens is 194 g/mol. The minimum absolute atomic E-state index is 0.424. The third kappa shape index (κ3) is 2.24. The van der Waals surface area contributed by atoms with Crippen LogP contribution in [0.5, 0.6) is 0 Å². The Labute approximate surface area is 87.8 Å². The number of primary amides is 1. The Morgan fingerprint density at radius 1 is 1.47 bits per heavy atom. The molecule has 0 saturated carbocycles. The van der Waals surface area contributed by atoms with Crippen molar-refractivity contribution in [3.8, 4) is 0 Å². The van der Waals surface area contributed by atoms with Gasteiger partial charge in [0.15, 0.2) is 0 Å². The van der Waals surface area contributed by atoms with E-state index in [9.17, 15) is 4.79 Å². The zero-order valence-electron chi connectivity index (χ0n) is 8.35. The topological polar surface area (TPSA) is 68.5 Å². The molecule has 0 unspecified atom stereocenters. The van der Waals surface area contributed by atoms with Crippen LogP contribution in [0, 0.1) is 0 Å². The van der Waals surface area contributed by atoms with Crippen LogP contribution in [-0.2, 0) is 4.74 Å². The van der Waals surface area contributed by atoms with E-state index in [1.807, 2.05) is 0 Å². The fourth-order valence-electron chi connectivity index (χ4n) is 1.54. The number of ether oxygens (including phenoxy) is 1. The van der Waals surface area contributed by atoms with Crippen LogP contribution < -0.4 is 10.6 Å². The molecule has 2 rings (SSSR count). The molecule has 1 aliphatic heterocycles. The molecule has 0 spiro atoms. The van der Waals surface area contributed by atoms with Crippen molar-refractivity contribution in [2.75, 3.05) is 31.2 Å². The van der Waals surface area contributed by atoms with Gasteiger partial charge in [0.1, 0.15) is 5.82 Å². The van der Waals surface area contributed by atoms with Crippen LogP contribution in [0.25, 0.3) is 0 Å². The Balaban J connectivity index is 2.19. The van der Waals surface area contributed by atoms with Crippen molar-refractivity contribution in [3.05, 3.63) is 23.9 Å². The molecule has 1 aromatic rings. The number of carbonyl (C=O) groups excluding carboxylic acids is 1. The van der Waals surface area contributed by atoms with Crippen LogP contribution in [0.3, 0.4) is 0 Å². The van der Waals surface area contributed by atoms with Crippen LogP contribution in [0.4, 0.5) is 5.82 Å². The van der Waals surface area contributed by atoms with Gasteiger partial charge in [0.2, 0.25) is 5.91 Å². The van der Waals surface area contributed by atoms with Gasteiger partial charge in [0.25, 0.3) is 0 Å². The van der Waals surface area contributed by atoms with Gasteiger partial charge in [-0.05, 0) is 12.1 Å². The van der Waals surface area contributed by atoms with Crippen molar-refractivity contribution in [1.29, 1.82) is 0 Å². The first-order valence-electron chi connectivity index (χ1n) is 4.86. The number of pyridine rings is 1. The Morgan fingerprint density at radius 2 is 2.20 bits per heavy atom. The van der Waals surface area contributed by atoms with Crippen molar-refractivity contribution < 1.29 is 9.53 Å². The summed E-state index contributed by atoms with van der Waals surface area (Å²) in [4.78, 5) is 17.3. The predicted molar refractivity (Wildman–Crippen MR) is 55.8 cm³/mol. The third-order valence-corrected chi connectivity index (χ3v) is 2.37. The third-order valence-electron chi connectivity index (χ3n) is 2.37. The van der Waals surface area contributed by atoms with Gasteiger partial charge in [0, 0.05) is 24.8 Å². The number of hydrogen-bond acceptors (Lipinski definition) is 4. The highest BCUT2D eigenvalue weighted by Gasteiger charge is 2.13.